The molecule has 0 radical (unpaired) electrons. The molecule has 1 aliphatic rings. The first kappa shape index (κ1) is 14.3. The van der Waals surface area contributed by atoms with Gasteiger partial charge in [0.05, 0.1) is 18.3 Å². The van der Waals surface area contributed by atoms with E-state index in [1.54, 1.807) is 0 Å². The van der Waals surface area contributed by atoms with Crippen LogP contribution in [0, 0.1) is 0 Å². The lowest BCUT2D eigenvalue weighted by molar-refractivity contribution is 0.327. The predicted molar refractivity (Wildman–Crippen MR) is 82.9 cm³/mol. The number of hydrogen-bond donors (Lipinski definition) is 1. The lowest BCUT2D eigenvalue weighted by Crippen LogP contribution is -2.30. The van der Waals surface area contributed by atoms with Crippen LogP contribution in [0.4, 0.5) is 0 Å². The Morgan fingerprint density at radius 1 is 1.29 bits per heavy atom. The highest BCUT2D eigenvalue weighted by Gasteiger charge is 2.16. The van der Waals surface area contributed by atoms with Crippen molar-refractivity contribution in [3.8, 4) is 0 Å². The molecule has 0 saturated heterocycles. The molecule has 1 unspecified atom stereocenters. The fourth-order valence-electron chi connectivity index (χ4n) is 3.05. The van der Waals surface area contributed by atoms with E-state index in [1.807, 2.05) is 23.1 Å². The highest BCUT2D eigenvalue weighted by molar-refractivity contribution is 5.00. The number of rotatable bonds is 6. The number of nitrogens with zero attached hydrogens (tertiary/aromatic N) is 4. The zero-order valence-electron chi connectivity index (χ0n) is 12.8. The van der Waals surface area contributed by atoms with Gasteiger partial charge in [-0.15, -0.1) is 0 Å². The van der Waals surface area contributed by atoms with Gasteiger partial charge < -0.3 is 5.32 Å². The Morgan fingerprint density at radius 2 is 2.14 bits per heavy atom. The highest BCUT2D eigenvalue weighted by atomic mass is 15.3. The van der Waals surface area contributed by atoms with Gasteiger partial charge in [0.2, 0.25) is 0 Å². The minimum atomic E-state index is 0.379. The Labute approximate surface area is 126 Å². The van der Waals surface area contributed by atoms with Crippen molar-refractivity contribution in [2.75, 3.05) is 0 Å². The Balaban J connectivity index is 1.48. The zero-order valence-corrected chi connectivity index (χ0v) is 12.8. The summed E-state index contributed by atoms with van der Waals surface area (Å²) in [6, 6.07) is 5.10. The molecule has 5 heteroatoms. The van der Waals surface area contributed by atoms with Gasteiger partial charge in [0, 0.05) is 31.2 Å². The fourth-order valence-corrected chi connectivity index (χ4v) is 3.05. The Hall–Kier alpha value is -1.62. The molecule has 1 fully saturated rings. The minimum absolute atomic E-state index is 0.379. The maximum absolute atomic E-state index is 4.73. The molecule has 1 atom stereocenters. The van der Waals surface area contributed by atoms with Gasteiger partial charge in [0.1, 0.15) is 0 Å². The summed E-state index contributed by atoms with van der Waals surface area (Å²) in [6.45, 7) is 3.89. The molecule has 1 N–H and O–H groups in total. The van der Waals surface area contributed by atoms with E-state index in [0.717, 1.165) is 18.8 Å². The molecule has 2 aromatic heterocycles. The Bertz CT molecular complexity index is 525. The normalized spacial score (nSPS) is 18.0. The summed E-state index contributed by atoms with van der Waals surface area (Å²) < 4.78 is 4.13. The van der Waals surface area contributed by atoms with Gasteiger partial charge in [-0.2, -0.15) is 10.2 Å². The Kier molecular flexibility index (Phi) is 4.70. The van der Waals surface area contributed by atoms with E-state index >= 15 is 0 Å². The largest absolute Gasteiger partial charge is 0.307 e. The molecule has 3 rings (SSSR count). The lowest BCUT2D eigenvalue weighted by atomic mass is 9.96. The van der Waals surface area contributed by atoms with Crippen LogP contribution in [0.3, 0.4) is 0 Å². The summed E-state index contributed by atoms with van der Waals surface area (Å²) in [5.74, 6) is 0. The number of nitrogens with one attached hydrogen (secondary N) is 1. The summed E-state index contributed by atoms with van der Waals surface area (Å²) in [5.41, 5.74) is 1.13. The van der Waals surface area contributed by atoms with Crippen molar-refractivity contribution < 1.29 is 0 Å². The van der Waals surface area contributed by atoms with Crippen molar-refractivity contribution >= 4 is 0 Å². The van der Waals surface area contributed by atoms with Crippen molar-refractivity contribution in [1.29, 1.82) is 0 Å². The second-order valence-electron chi connectivity index (χ2n) is 6.09. The monoisotopic (exact) mass is 287 g/mol. The second-order valence-corrected chi connectivity index (χ2v) is 6.09. The molecule has 2 aromatic rings. The van der Waals surface area contributed by atoms with Crippen LogP contribution < -0.4 is 5.32 Å². The van der Waals surface area contributed by atoms with Crippen molar-refractivity contribution in [3.63, 3.8) is 0 Å². The summed E-state index contributed by atoms with van der Waals surface area (Å²) in [4.78, 5) is 0. The molecule has 0 aromatic carbocycles. The van der Waals surface area contributed by atoms with Crippen LogP contribution in [0.15, 0.2) is 30.7 Å². The SMILES string of the molecule is CC(Cn1cccn1)NCc1ccn(C2CCCCC2)n1. The maximum atomic E-state index is 4.73. The number of hydrogen-bond acceptors (Lipinski definition) is 3. The molecule has 2 heterocycles. The summed E-state index contributed by atoms with van der Waals surface area (Å²) in [7, 11) is 0. The molecular weight excluding hydrogens is 262 g/mol. The molecule has 0 amide bonds. The van der Waals surface area contributed by atoms with Crippen molar-refractivity contribution in [1.82, 2.24) is 24.9 Å². The van der Waals surface area contributed by atoms with Gasteiger partial charge in [-0.3, -0.25) is 9.36 Å². The van der Waals surface area contributed by atoms with Gasteiger partial charge in [-0.25, -0.2) is 0 Å². The van der Waals surface area contributed by atoms with E-state index < -0.39 is 0 Å². The van der Waals surface area contributed by atoms with E-state index in [0.29, 0.717) is 12.1 Å². The summed E-state index contributed by atoms with van der Waals surface area (Å²) in [6.07, 6.45) is 12.6. The van der Waals surface area contributed by atoms with Gasteiger partial charge in [0.25, 0.3) is 0 Å². The topological polar surface area (TPSA) is 47.7 Å². The highest BCUT2D eigenvalue weighted by Crippen LogP contribution is 2.27. The molecule has 0 spiro atoms. The lowest BCUT2D eigenvalue weighted by Gasteiger charge is -2.21. The van der Waals surface area contributed by atoms with Crippen LogP contribution in [0.5, 0.6) is 0 Å². The third-order valence-corrected chi connectivity index (χ3v) is 4.26. The van der Waals surface area contributed by atoms with Crippen molar-refractivity contribution in [2.45, 2.75) is 64.2 Å². The van der Waals surface area contributed by atoms with E-state index in [2.05, 4.69) is 34.3 Å². The average molecular weight is 287 g/mol. The van der Waals surface area contributed by atoms with Crippen molar-refractivity contribution in [3.05, 3.63) is 36.4 Å². The third-order valence-electron chi connectivity index (χ3n) is 4.26. The molecule has 0 bridgehead atoms. The van der Waals surface area contributed by atoms with Crippen LogP contribution in [-0.2, 0) is 13.1 Å². The van der Waals surface area contributed by atoms with Gasteiger partial charge in [0.15, 0.2) is 0 Å². The molecule has 1 aliphatic carbocycles. The number of aromatic nitrogens is 4. The third kappa shape index (κ3) is 3.94. The minimum Gasteiger partial charge on any atom is -0.307 e. The molecule has 5 nitrogen and oxygen atoms in total. The first-order valence-electron chi connectivity index (χ1n) is 8.06. The molecule has 114 valence electrons. The van der Waals surface area contributed by atoms with E-state index in [-0.39, 0.29) is 0 Å². The zero-order chi connectivity index (χ0) is 14.5. The Morgan fingerprint density at radius 3 is 2.90 bits per heavy atom. The van der Waals surface area contributed by atoms with Gasteiger partial charge in [-0.1, -0.05) is 19.3 Å². The molecular formula is C16H25N5. The quantitative estimate of drug-likeness (QED) is 0.888. The van der Waals surface area contributed by atoms with E-state index in [4.69, 9.17) is 5.10 Å². The van der Waals surface area contributed by atoms with Crippen molar-refractivity contribution in [2.24, 2.45) is 0 Å². The predicted octanol–water partition coefficient (Wildman–Crippen LogP) is 2.76. The summed E-state index contributed by atoms with van der Waals surface area (Å²) >= 11 is 0. The van der Waals surface area contributed by atoms with E-state index in [9.17, 15) is 0 Å². The average Bonchev–Trinajstić information content (AvgIpc) is 3.17. The van der Waals surface area contributed by atoms with Crippen LogP contribution in [0.25, 0.3) is 0 Å². The maximum Gasteiger partial charge on any atom is 0.0762 e. The van der Waals surface area contributed by atoms with Gasteiger partial charge in [-0.05, 0) is 31.9 Å². The first-order valence-corrected chi connectivity index (χ1v) is 8.06. The molecule has 1 saturated carbocycles. The van der Waals surface area contributed by atoms with Crippen LogP contribution >= 0.6 is 0 Å². The van der Waals surface area contributed by atoms with Crippen LogP contribution in [-0.4, -0.2) is 25.6 Å². The smallest absolute Gasteiger partial charge is 0.0762 e. The molecule has 21 heavy (non-hydrogen) atoms. The first-order chi connectivity index (χ1) is 10.3. The standard InChI is InChI=1S/C16H25N5/c1-14(13-20-10-5-9-18-20)17-12-15-8-11-21(19-15)16-6-3-2-4-7-16/h5,8-11,14,16-17H,2-4,6-7,12-13H2,1H3. The molecule has 0 aliphatic heterocycles. The van der Waals surface area contributed by atoms with Crippen LogP contribution in [0.1, 0.15) is 50.8 Å². The summed E-state index contributed by atoms with van der Waals surface area (Å²) in [5, 5.41) is 12.5. The van der Waals surface area contributed by atoms with Gasteiger partial charge >= 0.3 is 0 Å². The fraction of sp³-hybridized carbons (Fsp3) is 0.625. The second kappa shape index (κ2) is 6.89. The van der Waals surface area contributed by atoms with Crippen LogP contribution in [0.2, 0.25) is 0 Å². The van der Waals surface area contributed by atoms with E-state index in [1.165, 1.54) is 32.1 Å².